The van der Waals surface area contributed by atoms with E-state index in [2.05, 4.69) is 96.9 Å². The van der Waals surface area contributed by atoms with Crippen molar-refractivity contribution in [2.24, 2.45) is 0 Å². The van der Waals surface area contributed by atoms with E-state index in [0.29, 0.717) is 0 Å². The molecule has 0 atom stereocenters. The molecule has 0 aliphatic heterocycles. The predicted octanol–water partition coefficient (Wildman–Crippen LogP) is 7.49. The van der Waals surface area contributed by atoms with Crippen LogP contribution in [0, 0.1) is 0 Å². The largest absolute Gasteiger partial charge is 0.389 e. The highest BCUT2D eigenvalue weighted by Gasteiger charge is 2.55. The Balaban J connectivity index is 6.48. The van der Waals surface area contributed by atoms with Crippen LogP contribution in [-0.2, 0) is 17.7 Å². The summed E-state index contributed by atoms with van der Waals surface area (Å²) >= 11 is 0. The SMILES string of the molecule is CCC[Si](C[Si](CCC)(OC(C)(C)C)OC(C)(C)C)(OC(C)(C)C)OC(C)(C)C. The van der Waals surface area contributed by atoms with Crippen LogP contribution in [0.15, 0.2) is 0 Å². The molecule has 0 heterocycles. The maximum atomic E-state index is 6.86. The monoisotopic (exact) mass is 448 g/mol. The van der Waals surface area contributed by atoms with Crippen LogP contribution < -0.4 is 0 Å². The molecule has 0 aromatic heterocycles. The third kappa shape index (κ3) is 13.3. The zero-order chi connectivity index (χ0) is 23.4. The van der Waals surface area contributed by atoms with Crippen molar-refractivity contribution in [2.45, 2.75) is 150 Å². The van der Waals surface area contributed by atoms with Gasteiger partial charge in [0, 0.05) is 5.67 Å². The maximum Gasteiger partial charge on any atom is 0.340 e. The molecule has 0 aliphatic rings. The number of rotatable bonds is 10. The van der Waals surface area contributed by atoms with E-state index in [1.165, 1.54) is 0 Å². The Morgan fingerprint density at radius 2 is 0.655 bits per heavy atom. The van der Waals surface area contributed by atoms with E-state index >= 15 is 0 Å². The van der Waals surface area contributed by atoms with Gasteiger partial charge in [0.1, 0.15) is 0 Å². The third-order valence-corrected chi connectivity index (χ3v) is 14.5. The summed E-state index contributed by atoms with van der Waals surface area (Å²) < 4.78 is 27.5. The van der Waals surface area contributed by atoms with Crippen LogP contribution in [0.3, 0.4) is 0 Å². The highest BCUT2D eigenvalue weighted by Crippen LogP contribution is 2.40. The summed E-state index contributed by atoms with van der Waals surface area (Å²) in [6, 6.07) is 1.89. The van der Waals surface area contributed by atoms with Crippen molar-refractivity contribution in [1.82, 2.24) is 0 Å². The lowest BCUT2D eigenvalue weighted by Crippen LogP contribution is -2.61. The molecule has 0 saturated heterocycles. The van der Waals surface area contributed by atoms with Crippen molar-refractivity contribution < 1.29 is 17.7 Å². The van der Waals surface area contributed by atoms with Crippen LogP contribution in [0.2, 0.25) is 17.8 Å². The van der Waals surface area contributed by atoms with Gasteiger partial charge in [0.2, 0.25) is 0 Å². The standard InChI is InChI=1S/C23H52O4Si2/c1-15-17-28(24-20(3,4)5,25-21(6,7)8)19-29(18-16-2,26-22(9,10)11)27-23(12,13)14/h15-19H2,1-14H3. The minimum Gasteiger partial charge on any atom is -0.389 e. The molecule has 0 spiro atoms. The molecule has 0 aromatic rings. The zero-order valence-corrected chi connectivity index (χ0v) is 24.2. The van der Waals surface area contributed by atoms with Gasteiger partial charge in [-0.3, -0.25) is 0 Å². The Labute approximate surface area is 184 Å². The molecule has 6 heteroatoms. The minimum atomic E-state index is -2.63. The van der Waals surface area contributed by atoms with Gasteiger partial charge in [-0.1, -0.05) is 26.7 Å². The topological polar surface area (TPSA) is 36.9 Å². The smallest absolute Gasteiger partial charge is 0.340 e. The molecule has 0 amide bonds. The number of hydrogen-bond donors (Lipinski definition) is 0. The van der Waals surface area contributed by atoms with Crippen LogP contribution in [0.1, 0.15) is 110 Å². The molecule has 0 radical (unpaired) electrons. The van der Waals surface area contributed by atoms with E-state index in [9.17, 15) is 0 Å². The first-order chi connectivity index (χ1) is 12.7. The summed E-state index contributed by atoms with van der Waals surface area (Å²) in [5.74, 6) is 0. The van der Waals surface area contributed by atoms with Crippen LogP contribution >= 0.6 is 0 Å². The Morgan fingerprint density at radius 3 is 0.793 bits per heavy atom. The van der Waals surface area contributed by atoms with Crippen molar-refractivity contribution >= 4 is 17.1 Å². The molecular formula is C23H52O4Si2. The molecule has 0 aromatic carbocycles. The molecule has 0 aliphatic carbocycles. The van der Waals surface area contributed by atoms with Gasteiger partial charge in [0.15, 0.2) is 0 Å². The Bertz CT molecular complexity index is 403. The quantitative estimate of drug-likeness (QED) is 0.324. The van der Waals surface area contributed by atoms with Crippen molar-refractivity contribution in [1.29, 1.82) is 0 Å². The second-order valence-corrected chi connectivity index (χ2v) is 19.2. The summed E-state index contributed by atoms with van der Waals surface area (Å²) in [5, 5.41) is 0. The maximum absolute atomic E-state index is 6.86. The first-order valence-corrected chi connectivity index (χ1v) is 15.9. The van der Waals surface area contributed by atoms with Gasteiger partial charge in [0.05, 0.1) is 22.4 Å². The zero-order valence-electron chi connectivity index (χ0n) is 22.2. The summed E-state index contributed by atoms with van der Waals surface area (Å²) in [6.45, 7) is 30.0. The lowest BCUT2D eigenvalue weighted by atomic mass is 10.2. The van der Waals surface area contributed by atoms with Gasteiger partial charge >= 0.3 is 17.1 Å². The summed E-state index contributed by atoms with van der Waals surface area (Å²) in [5.41, 5.74) is -0.305. The molecular weight excluding hydrogens is 396 g/mol. The summed E-state index contributed by atoms with van der Waals surface area (Å²) in [6.07, 6.45) is 2.06. The van der Waals surface area contributed by atoms with Crippen LogP contribution in [-0.4, -0.2) is 39.5 Å². The van der Waals surface area contributed by atoms with Crippen LogP contribution in [0.25, 0.3) is 0 Å². The predicted molar refractivity (Wildman–Crippen MR) is 130 cm³/mol. The molecule has 176 valence electrons. The van der Waals surface area contributed by atoms with Crippen molar-refractivity contribution in [3.05, 3.63) is 0 Å². The van der Waals surface area contributed by atoms with Gasteiger partial charge in [-0.05, 0) is 95.2 Å². The first-order valence-electron chi connectivity index (χ1n) is 11.5. The fraction of sp³-hybridized carbons (Fsp3) is 1.00. The van der Waals surface area contributed by atoms with E-state index in [-0.39, 0.29) is 22.4 Å². The molecule has 0 fully saturated rings. The van der Waals surface area contributed by atoms with E-state index in [0.717, 1.165) is 30.6 Å². The molecule has 4 nitrogen and oxygen atoms in total. The van der Waals surface area contributed by atoms with E-state index in [1.807, 2.05) is 0 Å². The summed E-state index contributed by atoms with van der Waals surface area (Å²) in [4.78, 5) is 0. The molecule has 0 unspecified atom stereocenters. The van der Waals surface area contributed by atoms with Gasteiger partial charge in [0.25, 0.3) is 0 Å². The van der Waals surface area contributed by atoms with E-state index in [4.69, 9.17) is 17.7 Å². The number of hydrogen-bond acceptors (Lipinski definition) is 4. The molecule has 29 heavy (non-hydrogen) atoms. The first kappa shape index (κ1) is 29.3. The second-order valence-electron chi connectivity index (χ2n) is 12.4. The highest BCUT2D eigenvalue weighted by molar-refractivity contribution is 6.86. The Hall–Kier alpha value is 0.274. The third-order valence-electron chi connectivity index (χ3n) is 3.77. The van der Waals surface area contributed by atoms with Crippen LogP contribution in [0.4, 0.5) is 0 Å². The highest BCUT2D eigenvalue weighted by atomic mass is 28.4. The Kier molecular flexibility index (Phi) is 10.4. The van der Waals surface area contributed by atoms with E-state index in [1.54, 1.807) is 0 Å². The summed E-state index contributed by atoms with van der Waals surface area (Å²) in [7, 11) is -5.25. The van der Waals surface area contributed by atoms with Crippen molar-refractivity contribution in [2.75, 3.05) is 0 Å². The van der Waals surface area contributed by atoms with Crippen molar-refractivity contribution in [3.8, 4) is 0 Å². The fourth-order valence-electron chi connectivity index (χ4n) is 3.97. The second kappa shape index (κ2) is 10.3. The lowest BCUT2D eigenvalue weighted by molar-refractivity contribution is 0.0000222. The van der Waals surface area contributed by atoms with Gasteiger partial charge in [-0.15, -0.1) is 0 Å². The minimum absolute atomic E-state index is 0.275. The fourth-order valence-corrected chi connectivity index (χ4v) is 16.3. The molecule has 0 saturated carbocycles. The normalized spacial score (nSPS) is 15.1. The van der Waals surface area contributed by atoms with Crippen molar-refractivity contribution in [3.63, 3.8) is 0 Å². The van der Waals surface area contributed by atoms with Gasteiger partial charge in [-0.25, -0.2) is 0 Å². The van der Waals surface area contributed by atoms with E-state index < -0.39 is 17.1 Å². The molecule has 0 N–H and O–H groups in total. The average Bonchev–Trinajstić information content (AvgIpc) is 2.28. The van der Waals surface area contributed by atoms with Gasteiger partial charge < -0.3 is 17.7 Å². The lowest BCUT2D eigenvalue weighted by Gasteiger charge is -2.48. The molecule has 0 rings (SSSR count). The Morgan fingerprint density at radius 1 is 0.448 bits per heavy atom. The molecule has 0 bridgehead atoms. The van der Waals surface area contributed by atoms with Gasteiger partial charge in [-0.2, -0.15) is 0 Å². The average molecular weight is 449 g/mol. The van der Waals surface area contributed by atoms with Crippen LogP contribution in [0.5, 0.6) is 0 Å².